The minimum absolute atomic E-state index is 0.159. The van der Waals surface area contributed by atoms with Crippen molar-refractivity contribution in [3.05, 3.63) is 52.8 Å². The van der Waals surface area contributed by atoms with Gasteiger partial charge in [-0.3, -0.25) is 9.48 Å². The Morgan fingerprint density at radius 3 is 2.63 bits per heavy atom. The van der Waals surface area contributed by atoms with Crippen LogP contribution < -0.4 is 5.32 Å². The highest BCUT2D eigenvalue weighted by Gasteiger charge is 2.08. The summed E-state index contributed by atoms with van der Waals surface area (Å²) in [5.41, 5.74) is 3.10. The van der Waals surface area contributed by atoms with E-state index in [9.17, 15) is 4.79 Å². The number of aromatic nitrogens is 2. The maximum atomic E-state index is 11.9. The fraction of sp³-hybridized carbons (Fsp3) is 0.214. The summed E-state index contributed by atoms with van der Waals surface area (Å²) in [4.78, 5) is 11.9. The quantitative estimate of drug-likeness (QED) is 0.903. The van der Waals surface area contributed by atoms with E-state index in [1.807, 2.05) is 20.0 Å². The predicted molar refractivity (Wildman–Crippen MR) is 70.3 cm³/mol. The third-order valence-electron chi connectivity index (χ3n) is 3.05. The van der Waals surface area contributed by atoms with E-state index in [1.165, 1.54) is 0 Å². The second-order valence-corrected chi connectivity index (χ2v) is 4.25. The second-order valence-electron chi connectivity index (χ2n) is 4.25. The molecule has 5 heteroatoms. The molecular weight excluding hydrogens is 240 g/mol. The molecule has 19 heavy (non-hydrogen) atoms. The lowest BCUT2D eigenvalue weighted by Crippen LogP contribution is -2.23. The van der Waals surface area contributed by atoms with Gasteiger partial charge < -0.3 is 5.32 Å². The van der Waals surface area contributed by atoms with Crippen molar-refractivity contribution < 1.29 is 4.79 Å². The predicted octanol–water partition coefficient (Wildman–Crippen LogP) is 1.53. The van der Waals surface area contributed by atoms with E-state index in [2.05, 4.69) is 10.4 Å². The molecule has 0 saturated heterocycles. The van der Waals surface area contributed by atoms with E-state index in [0.717, 1.165) is 11.3 Å². The molecule has 2 aromatic rings. The first-order valence-electron chi connectivity index (χ1n) is 5.87. The third-order valence-corrected chi connectivity index (χ3v) is 3.05. The number of nitrogens with one attached hydrogen (secondary N) is 1. The van der Waals surface area contributed by atoms with E-state index in [4.69, 9.17) is 5.26 Å². The number of nitriles is 1. The highest BCUT2D eigenvalue weighted by atomic mass is 16.1. The van der Waals surface area contributed by atoms with Crippen molar-refractivity contribution >= 4 is 5.91 Å². The molecule has 1 N–H and O–H groups in total. The van der Waals surface area contributed by atoms with E-state index in [0.29, 0.717) is 17.7 Å². The van der Waals surface area contributed by atoms with Crippen molar-refractivity contribution in [1.29, 1.82) is 5.26 Å². The fourth-order valence-corrected chi connectivity index (χ4v) is 1.69. The van der Waals surface area contributed by atoms with Gasteiger partial charge in [0.15, 0.2) is 0 Å². The molecule has 2 rings (SSSR count). The molecule has 0 atom stereocenters. The summed E-state index contributed by atoms with van der Waals surface area (Å²) in [6.07, 6.45) is 1.74. The third kappa shape index (κ3) is 2.80. The largest absolute Gasteiger partial charge is 0.348 e. The number of hydrogen-bond acceptors (Lipinski definition) is 3. The van der Waals surface area contributed by atoms with Gasteiger partial charge in [-0.2, -0.15) is 10.4 Å². The van der Waals surface area contributed by atoms with E-state index < -0.39 is 0 Å². The Hall–Kier alpha value is -2.61. The van der Waals surface area contributed by atoms with Gasteiger partial charge in [-0.15, -0.1) is 0 Å². The average molecular weight is 254 g/mol. The zero-order chi connectivity index (χ0) is 13.8. The summed E-state index contributed by atoms with van der Waals surface area (Å²) in [6, 6.07) is 8.56. The second kappa shape index (κ2) is 5.36. The van der Waals surface area contributed by atoms with Crippen LogP contribution in [0.3, 0.4) is 0 Å². The Morgan fingerprint density at radius 2 is 2.11 bits per heavy atom. The van der Waals surface area contributed by atoms with Crippen LogP contribution in [0.25, 0.3) is 0 Å². The highest BCUT2D eigenvalue weighted by Crippen LogP contribution is 2.07. The molecule has 0 bridgehead atoms. The molecule has 1 heterocycles. The zero-order valence-corrected chi connectivity index (χ0v) is 10.8. The van der Waals surface area contributed by atoms with Crippen LogP contribution >= 0.6 is 0 Å². The zero-order valence-electron chi connectivity index (χ0n) is 10.8. The van der Waals surface area contributed by atoms with Crippen molar-refractivity contribution in [3.63, 3.8) is 0 Å². The molecule has 0 unspecified atom stereocenters. The normalized spacial score (nSPS) is 9.95. The lowest BCUT2D eigenvalue weighted by atomic mass is 10.1. The number of amides is 1. The summed E-state index contributed by atoms with van der Waals surface area (Å²) < 4.78 is 1.77. The molecule has 0 aliphatic heterocycles. The Labute approximate surface area is 111 Å². The van der Waals surface area contributed by atoms with Gasteiger partial charge in [0.25, 0.3) is 5.91 Å². The average Bonchev–Trinajstić information content (AvgIpc) is 2.76. The minimum Gasteiger partial charge on any atom is -0.348 e. The number of rotatable bonds is 3. The molecule has 0 fully saturated rings. The number of carbonyl (C=O) groups is 1. The number of carbonyl (C=O) groups excluding carboxylic acids is 1. The van der Waals surface area contributed by atoms with Gasteiger partial charge in [0.05, 0.1) is 17.8 Å². The van der Waals surface area contributed by atoms with Crippen LogP contribution in [0.4, 0.5) is 0 Å². The van der Waals surface area contributed by atoms with Crippen molar-refractivity contribution in [2.75, 3.05) is 0 Å². The van der Waals surface area contributed by atoms with Crippen LogP contribution in [-0.4, -0.2) is 15.7 Å². The van der Waals surface area contributed by atoms with E-state index >= 15 is 0 Å². The maximum absolute atomic E-state index is 11.9. The SMILES string of the molecule is Cc1c(CNC(=O)c2ccc(C#N)cc2)cnn1C. The van der Waals surface area contributed by atoms with Crippen molar-refractivity contribution in [2.24, 2.45) is 7.05 Å². The number of nitrogens with zero attached hydrogens (tertiary/aromatic N) is 3. The molecule has 0 saturated carbocycles. The first-order chi connectivity index (χ1) is 9.11. The van der Waals surface area contributed by atoms with Crippen LogP contribution in [0.15, 0.2) is 30.5 Å². The summed E-state index contributed by atoms with van der Waals surface area (Å²) in [5, 5.41) is 15.6. The lowest BCUT2D eigenvalue weighted by molar-refractivity contribution is 0.0951. The van der Waals surface area contributed by atoms with Gasteiger partial charge in [0, 0.05) is 30.4 Å². The molecule has 1 amide bonds. The van der Waals surface area contributed by atoms with Crippen molar-refractivity contribution in [2.45, 2.75) is 13.5 Å². The summed E-state index contributed by atoms with van der Waals surface area (Å²) in [6.45, 7) is 2.40. The Balaban J connectivity index is 2.01. The van der Waals surface area contributed by atoms with Crippen LogP contribution in [0.5, 0.6) is 0 Å². The number of hydrogen-bond donors (Lipinski definition) is 1. The smallest absolute Gasteiger partial charge is 0.251 e. The lowest BCUT2D eigenvalue weighted by Gasteiger charge is -2.05. The Kier molecular flexibility index (Phi) is 3.62. The van der Waals surface area contributed by atoms with E-state index in [1.54, 1.807) is 35.1 Å². The molecule has 0 aliphatic carbocycles. The molecule has 5 nitrogen and oxygen atoms in total. The van der Waals surface area contributed by atoms with Gasteiger partial charge in [-0.05, 0) is 31.2 Å². The maximum Gasteiger partial charge on any atom is 0.251 e. The Bertz CT molecular complexity index is 634. The Morgan fingerprint density at radius 1 is 1.42 bits per heavy atom. The van der Waals surface area contributed by atoms with Crippen LogP contribution in [0.2, 0.25) is 0 Å². The van der Waals surface area contributed by atoms with Crippen molar-refractivity contribution in [1.82, 2.24) is 15.1 Å². The van der Waals surface area contributed by atoms with Crippen LogP contribution in [-0.2, 0) is 13.6 Å². The minimum atomic E-state index is -0.159. The van der Waals surface area contributed by atoms with Crippen LogP contribution in [0.1, 0.15) is 27.2 Å². The molecule has 1 aromatic heterocycles. The fourth-order valence-electron chi connectivity index (χ4n) is 1.69. The van der Waals surface area contributed by atoms with Crippen molar-refractivity contribution in [3.8, 4) is 6.07 Å². The molecule has 0 aliphatic rings. The molecule has 0 spiro atoms. The first kappa shape index (κ1) is 12.8. The number of aryl methyl sites for hydroxylation is 1. The first-order valence-corrected chi connectivity index (χ1v) is 5.87. The standard InChI is InChI=1S/C14H14N4O/c1-10-13(9-17-18(10)2)8-16-14(19)12-5-3-11(7-15)4-6-12/h3-6,9H,8H2,1-2H3,(H,16,19). The van der Waals surface area contributed by atoms with Gasteiger partial charge >= 0.3 is 0 Å². The molecule has 0 radical (unpaired) electrons. The van der Waals surface area contributed by atoms with Gasteiger partial charge in [-0.25, -0.2) is 0 Å². The van der Waals surface area contributed by atoms with Gasteiger partial charge in [0.2, 0.25) is 0 Å². The topological polar surface area (TPSA) is 70.7 Å². The summed E-state index contributed by atoms with van der Waals surface area (Å²) >= 11 is 0. The van der Waals surface area contributed by atoms with Gasteiger partial charge in [-0.1, -0.05) is 0 Å². The van der Waals surface area contributed by atoms with Gasteiger partial charge in [0.1, 0.15) is 0 Å². The molecular formula is C14H14N4O. The van der Waals surface area contributed by atoms with E-state index in [-0.39, 0.29) is 5.91 Å². The summed E-state index contributed by atoms with van der Waals surface area (Å²) in [5.74, 6) is -0.159. The molecule has 1 aromatic carbocycles. The number of benzene rings is 1. The monoisotopic (exact) mass is 254 g/mol. The summed E-state index contributed by atoms with van der Waals surface area (Å²) in [7, 11) is 1.86. The molecule has 96 valence electrons. The highest BCUT2D eigenvalue weighted by molar-refractivity contribution is 5.94. The van der Waals surface area contributed by atoms with Crippen LogP contribution in [0, 0.1) is 18.3 Å².